The molecule has 0 atom stereocenters. The second-order valence-electron chi connectivity index (χ2n) is 6.07. The van der Waals surface area contributed by atoms with Crippen LogP contribution >= 0.6 is 15.9 Å². The predicted octanol–water partition coefficient (Wildman–Crippen LogP) is 3.95. The molecule has 0 aliphatic carbocycles. The molecule has 0 fully saturated rings. The first-order valence-electron chi connectivity index (χ1n) is 8.17. The van der Waals surface area contributed by atoms with Crippen LogP contribution in [0.5, 0.6) is 5.75 Å². The van der Waals surface area contributed by atoms with Gasteiger partial charge in [-0.3, -0.25) is 4.79 Å². The lowest BCUT2D eigenvalue weighted by Gasteiger charge is -2.10. The van der Waals surface area contributed by atoms with Gasteiger partial charge in [-0.2, -0.15) is 5.10 Å². The van der Waals surface area contributed by atoms with Gasteiger partial charge in [-0.05, 0) is 43.2 Å². The van der Waals surface area contributed by atoms with E-state index in [1.807, 2.05) is 32.0 Å². The molecule has 27 heavy (non-hydrogen) atoms. The minimum absolute atomic E-state index is 0.213. The van der Waals surface area contributed by atoms with Crippen LogP contribution in [0.1, 0.15) is 27.0 Å². The number of carboxylic acid groups (broad SMARTS) is 1. The van der Waals surface area contributed by atoms with E-state index >= 15 is 0 Å². The van der Waals surface area contributed by atoms with E-state index in [-0.39, 0.29) is 17.1 Å². The standard InChI is InChI=1S/C20H17BrN2O4/c1-12-4-3-5-13(2)19(12)23-10-14(9-22-23)20(26)16-8-15(21)6-7-17(16)27-11-18(24)25/h3-10H,11H2,1-2H3,(H,24,25). The zero-order chi connectivity index (χ0) is 19.6. The number of hydrogen-bond donors (Lipinski definition) is 1. The number of para-hydroxylation sites is 1. The average Bonchev–Trinajstić information content (AvgIpc) is 3.09. The van der Waals surface area contributed by atoms with E-state index in [2.05, 4.69) is 21.0 Å². The number of ether oxygens (including phenoxy) is 1. The Balaban J connectivity index is 1.97. The lowest BCUT2D eigenvalue weighted by atomic mass is 10.1. The van der Waals surface area contributed by atoms with Crippen molar-refractivity contribution in [2.24, 2.45) is 0 Å². The zero-order valence-corrected chi connectivity index (χ0v) is 16.4. The summed E-state index contributed by atoms with van der Waals surface area (Å²) in [5, 5.41) is 13.2. The van der Waals surface area contributed by atoms with E-state index in [9.17, 15) is 9.59 Å². The van der Waals surface area contributed by atoms with Crippen molar-refractivity contribution in [2.75, 3.05) is 6.61 Å². The van der Waals surface area contributed by atoms with Gasteiger partial charge in [0, 0.05) is 10.7 Å². The molecule has 1 heterocycles. The fourth-order valence-electron chi connectivity index (χ4n) is 2.83. The van der Waals surface area contributed by atoms with Gasteiger partial charge in [-0.15, -0.1) is 0 Å². The maximum absolute atomic E-state index is 13.0. The predicted molar refractivity (Wildman–Crippen MR) is 104 cm³/mol. The van der Waals surface area contributed by atoms with Gasteiger partial charge in [0.15, 0.2) is 12.4 Å². The summed E-state index contributed by atoms with van der Waals surface area (Å²) < 4.78 is 7.62. The molecule has 0 bridgehead atoms. The highest BCUT2D eigenvalue weighted by Gasteiger charge is 2.19. The van der Waals surface area contributed by atoms with Gasteiger partial charge in [-0.1, -0.05) is 34.1 Å². The summed E-state index contributed by atoms with van der Waals surface area (Å²) in [6.07, 6.45) is 3.16. The highest BCUT2D eigenvalue weighted by Crippen LogP contribution is 2.26. The molecule has 1 aromatic heterocycles. The molecule has 0 amide bonds. The zero-order valence-electron chi connectivity index (χ0n) is 14.8. The normalized spacial score (nSPS) is 10.6. The highest BCUT2D eigenvalue weighted by atomic mass is 79.9. The molecule has 138 valence electrons. The van der Waals surface area contributed by atoms with Gasteiger partial charge >= 0.3 is 5.97 Å². The summed E-state index contributed by atoms with van der Waals surface area (Å²) in [7, 11) is 0. The number of carboxylic acids is 1. The molecule has 7 heteroatoms. The summed E-state index contributed by atoms with van der Waals surface area (Å²) in [5.74, 6) is -1.20. The Labute approximate surface area is 164 Å². The van der Waals surface area contributed by atoms with Crippen LogP contribution in [0.3, 0.4) is 0 Å². The molecule has 0 saturated heterocycles. The van der Waals surface area contributed by atoms with Crippen LogP contribution in [0.15, 0.2) is 53.3 Å². The van der Waals surface area contributed by atoms with E-state index in [1.54, 1.807) is 29.1 Å². The van der Waals surface area contributed by atoms with Crippen molar-refractivity contribution >= 4 is 27.7 Å². The fraction of sp³-hybridized carbons (Fsp3) is 0.150. The minimum Gasteiger partial charge on any atom is -0.481 e. The van der Waals surface area contributed by atoms with Crippen LogP contribution in [0.4, 0.5) is 0 Å². The molecule has 2 aromatic carbocycles. The van der Waals surface area contributed by atoms with Crippen LogP contribution in [-0.2, 0) is 4.79 Å². The monoisotopic (exact) mass is 428 g/mol. The molecular formula is C20H17BrN2O4. The van der Waals surface area contributed by atoms with Gasteiger partial charge in [0.25, 0.3) is 0 Å². The van der Waals surface area contributed by atoms with Crippen LogP contribution in [0, 0.1) is 13.8 Å². The molecule has 0 saturated carbocycles. The molecule has 0 spiro atoms. The summed E-state index contributed by atoms with van der Waals surface area (Å²) in [6.45, 7) is 3.44. The lowest BCUT2D eigenvalue weighted by Crippen LogP contribution is -2.12. The molecule has 3 rings (SSSR count). The Bertz CT molecular complexity index is 1010. The number of aryl methyl sites for hydroxylation is 2. The number of ketones is 1. The lowest BCUT2D eigenvalue weighted by molar-refractivity contribution is -0.139. The van der Waals surface area contributed by atoms with Crippen LogP contribution < -0.4 is 4.74 Å². The average molecular weight is 429 g/mol. The molecule has 0 aliphatic heterocycles. The molecule has 1 N–H and O–H groups in total. The molecule has 6 nitrogen and oxygen atoms in total. The Morgan fingerprint density at radius 1 is 1.19 bits per heavy atom. The van der Waals surface area contributed by atoms with Crippen LogP contribution in [-0.4, -0.2) is 33.2 Å². The fourth-order valence-corrected chi connectivity index (χ4v) is 3.19. The SMILES string of the molecule is Cc1cccc(C)c1-n1cc(C(=O)c2cc(Br)ccc2OCC(=O)O)cn1. The number of carbonyl (C=O) groups excluding carboxylic acids is 1. The van der Waals surface area contributed by atoms with Crippen molar-refractivity contribution in [3.05, 3.63) is 75.5 Å². The van der Waals surface area contributed by atoms with Crippen molar-refractivity contribution in [1.82, 2.24) is 9.78 Å². The second kappa shape index (κ2) is 7.75. The summed E-state index contributed by atoms with van der Waals surface area (Å²) in [6, 6.07) is 10.8. The summed E-state index contributed by atoms with van der Waals surface area (Å²) in [5.41, 5.74) is 3.67. The minimum atomic E-state index is -1.11. The van der Waals surface area contributed by atoms with Crippen molar-refractivity contribution in [3.63, 3.8) is 0 Å². The van der Waals surface area contributed by atoms with Crippen molar-refractivity contribution in [1.29, 1.82) is 0 Å². The third-order valence-electron chi connectivity index (χ3n) is 4.05. The van der Waals surface area contributed by atoms with Crippen molar-refractivity contribution in [3.8, 4) is 11.4 Å². The Morgan fingerprint density at radius 2 is 1.89 bits per heavy atom. The Hall–Kier alpha value is -2.93. The van der Waals surface area contributed by atoms with Gasteiger partial charge < -0.3 is 9.84 Å². The van der Waals surface area contributed by atoms with Crippen LogP contribution in [0.25, 0.3) is 5.69 Å². The van der Waals surface area contributed by atoms with E-state index in [1.165, 1.54) is 6.20 Å². The quantitative estimate of drug-likeness (QED) is 0.601. The summed E-state index contributed by atoms with van der Waals surface area (Å²) >= 11 is 3.33. The first-order chi connectivity index (χ1) is 12.9. The maximum Gasteiger partial charge on any atom is 0.341 e. The van der Waals surface area contributed by atoms with E-state index in [0.717, 1.165) is 16.8 Å². The number of benzene rings is 2. The first-order valence-corrected chi connectivity index (χ1v) is 8.96. The topological polar surface area (TPSA) is 81.4 Å². The number of aromatic nitrogens is 2. The van der Waals surface area contributed by atoms with Gasteiger partial charge in [0.2, 0.25) is 0 Å². The van der Waals surface area contributed by atoms with Crippen LogP contribution in [0.2, 0.25) is 0 Å². The largest absolute Gasteiger partial charge is 0.481 e. The number of aliphatic carboxylic acids is 1. The molecular weight excluding hydrogens is 412 g/mol. The number of nitrogens with zero attached hydrogens (tertiary/aromatic N) is 2. The van der Waals surface area contributed by atoms with Gasteiger partial charge in [0.05, 0.1) is 23.0 Å². The highest BCUT2D eigenvalue weighted by molar-refractivity contribution is 9.10. The maximum atomic E-state index is 13.0. The smallest absolute Gasteiger partial charge is 0.341 e. The molecule has 0 radical (unpaired) electrons. The third-order valence-corrected chi connectivity index (χ3v) is 4.54. The Morgan fingerprint density at radius 3 is 2.56 bits per heavy atom. The number of halogens is 1. The van der Waals surface area contributed by atoms with Crippen molar-refractivity contribution < 1.29 is 19.4 Å². The number of rotatable bonds is 6. The molecule has 0 aliphatic rings. The van der Waals surface area contributed by atoms with Gasteiger partial charge in [0.1, 0.15) is 5.75 Å². The van der Waals surface area contributed by atoms with E-state index in [0.29, 0.717) is 10.0 Å². The third kappa shape index (κ3) is 4.09. The van der Waals surface area contributed by atoms with Gasteiger partial charge in [-0.25, -0.2) is 9.48 Å². The summed E-state index contributed by atoms with van der Waals surface area (Å²) in [4.78, 5) is 23.8. The first kappa shape index (κ1) is 18.8. The number of hydrogen-bond acceptors (Lipinski definition) is 4. The van der Waals surface area contributed by atoms with Crippen molar-refractivity contribution in [2.45, 2.75) is 13.8 Å². The number of carbonyl (C=O) groups is 2. The molecule has 0 unspecified atom stereocenters. The second-order valence-corrected chi connectivity index (χ2v) is 6.98. The van der Waals surface area contributed by atoms with E-state index in [4.69, 9.17) is 9.84 Å². The van der Waals surface area contributed by atoms with E-state index < -0.39 is 12.6 Å². The molecule has 3 aromatic rings. The Kier molecular flexibility index (Phi) is 5.41.